The van der Waals surface area contributed by atoms with Crippen molar-refractivity contribution in [2.75, 3.05) is 16.8 Å². The Bertz CT molecular complexity index is 1100. The molecular weight excluding hydrogens is 439 g/mol. The summed E-state index contributed by atoms with van der Waals surface area (Å²) in [6, 6.07) is 6.10. The third kappa shape index (κ3) is 4.10. The van der Waals surface area contributed by atoms with Crippen LogP contribution in [0.4, 0.5) is 33.7 Å². The smallest absolute Gasteiger partial charge is 0.399 e. The maximum absolute atomic E-state index is 15.4. The van der Waals surface area contributed by atoms with Gasteiger partial charge in [0.15, 0.2) is 0 Å². The predicted octanol–water partition coefficient (Wildman–Crippen LogP) is 5.05. The quantitative estimate of drug-likeness (QED) is 0.500. The molecule has 0 unspecified atom stereocenters. The van der Waals surface area contributed by atoms with Crippen molar-refractivity contribution in [3.63, 3.8) is 0 Å². The first-order valence-electron chi connectivity index (χ1n) is 10.6. The van der Waals surface area contributed by atoms with Crippen LogP contribution in [0.3, 0.4) is 0 Å². The summed E-state index contributed by atoms with van der Waals surface area (Å²) >= 11 is 0. The first-order valence-corrected chi connectivity index (χ1v) is 10.6. The standard InChI is InChI=1S/C23H25BF4N2O3/c1-13-6-7-14(12-16(13)23(26,27)28)29-20(31)30-11-10-15-18(30)9-8-17(19(15)25)24-32-21(2,3)22(4,5)33-24/h6-9,12H,10-11H2,1-5H3,(H,29,31). The summed E-state index contributed by atoms with van der Waals surface area (Å²) in [5, 5.41) is 2.49. The van der Waals surface area contributed by atoms with Gasteiger partial charge in [0.2, 0.25) is 0 Å². The van der Waals surface area contributed by atoms with Crippen LogP contribution in [0.15, 0.2) is 30.3 Å². The van der Waals surface area contributed by atoms with Crippen molar-refractivity contribution in [1.29, 1.82) is 0 Å². The van der Waals surface area contributed by atoms with E-state index >= 15 is 4.39 Å². The molecule has 2 heterocycles. The summed E-state index contributed by atoms with van der Waals surface area (Å²) in [7, 11) is -0.878. The Morgan fingerprint density at radius 3 is 2.33 bits per heavy atom. The monoisotopic (exact) mass is 464 g/mol. The van der Waals surface area contributed by atoms with Crippen molar-refractivity contribution in [2.45, 2.75) is 58.4 Å². The second kappa shape index (κ2) is 7.73. The number of hydrogen-bond acceptors (Lipinski definition) is 3. The van der Waals surface area contributed by atoms with Crippen molar-refractivity contribution < 1.29 is 31.7 Å². The molecule has 2 aliphatic rings. The Morgan fingerprint density at radius 1 is 1.09 bits per heavy atom. The molecule has 0 spiro atoms. The van der Waals surface area contributed by atoms with E-state index in [0.29, 0.717) is 11.3 Å². The van der Waals surface area contributed by atoms with Crippen LogP contribution in [0.25, 0.3) is 0 Å². The number of hydrogen-bond donors (Lipinski definition) is 1. The number of carbonyl (C=O) groups excluding carboxylic acids is 1. The van der Waals surface area contributed by atoms with Gasteiger partial charge in [-0.05, 0) is 64.8 Å². The molecule has 10 heteroatoms. The van der Waals surface area contributed by atoms with Gasteiger partial charge in [0.05, 0.1) is 22.5 Å². The number of carbonyl (C=O) groups is 1. The van der Waals surface area contributed by atoms with Gasteiger partial charge in [0.25, 0.3) is 0 Å². The summed E-state index contributed by atoms with van der Waals surface area (Å²) in [6.45, 7) is 9.05. The van der Waals surface area contributed by atoms with E-state index in [1.807, 2.05) is 27.7 Å². The topological polar surface area (TPSA) is 50.8 Å². The highest BCUT2D eigenvalue weighted by molar-refractivity contribution is 6.62. The Balaban J connectivity index is 1.56. The molecule has 1 saturated heterocycles. The third-order valence-electron chi connectivity index (χ3n) is 6.67. The number of urea groups is 1. The second-order valence-corrected chi connectivity index (χ2v) is 9.41. The number of benzene rings is 2. The number of amides is 2. The number of anilines is 2. The van der Waals surface area contributed by atoms with Gasteiger partial charge in [-0.3, -0.25) is 4.90 Å². The molecule has 2 aliphatic heterocycles. The average molecular weight is 464 g/mol. The van der Waals surface area contributed by atoms with Crippen LogP contribution in [0.5, 0.6) is 0 Å². The van der Waals surface area contributed by atoms with Crippen LogP contribution < -0.4 is 15.7 Å². The number of halogens is 4. The molecule has 1 N–H and O–H groups in total. The SMILES string of the molecule is Cc1ccc(NC(=O)N2CCc3c2ccc(B2OC(C)(C)C(C)(C)O2)c3F)cc1C(F)(F)F. The summed E-state index contributed by atoms with van der Waals surface area (Å²) < 4.78 is 66.8. The Hall–Kier alpha value is -2.59. The molecule has 0 aromatic heterocycles. The number of fused-ring (bicyclic) bond motifs is 1. The van der Waals surface area contributed by atoms with Crippen LogP contribution in [-0.2, 0) is 21.9 Å². The van der Waals surface area contributed by atoms with Crippen LogP contribution in [0.1, 0.15) is 44.4 Å². The van der Waals surface area contributed by atoms with Gasteiger partial charge in [-0.2, -0.15) is 13.2 Å². The van der Waals surface area contributed by atoms with Gasteiger partial charge in [0.1, 0.15) is 5.82 Å². The van der Waals surface area contributed by atoms with E-state index in [0.717, 1.165) is 6.07 Å². The minimum Gasteiger partial charge on any atom is -0.399 e. The Kier molecular flexibility index (Phi) is 5.52. The third-order valence-corrected chi connectivity index (χ3v) is 6.67. The Labute approximate surface area is 190 Å². The summed E-state index contributed by atoms with van der Waals surface area (Å²) in [6.07, 6.45) is -4.26. The molecular formula is C23H25BF4N2O3. The maximum Gasteiger partial charge on any atom is 0.497 e. The lowest BCUT2D eigenvalue weighted by Crippen LogP contribution is -2.41. The number of rotatable bonds is 2. The summed E-state index contributed by atoms with van der Waals surface area (Å²) in [4.78, 5) is 14.1. The fraction of sp³-hybridized carbons (Fsp3) is 0.435. The molecule has 0 saturated carbocycles. The zero-order valence-electron chi connectivity index (χ0n) is 19.1. The van der Waals surface area contributed by atoms with Crippen LogP contribution in [-0.4, -0.2) is 30.9 Å². The van der Waals surface area contributed by atoms with E-state index in [1.54, 1.807) is 6.07 Å². The Morgan fingerprint density at radius 2 is 1.73 bits per heavy atom. The number of nitrogens with zero attached hydrogens (tertiary/aromatic N) is 1. The lowest BCUT2D eigenvalue weighted by molar-refractivity contribution is -0.138. The normalized spacial score (nSPS) is 19.1. The predicted molar refractivity (Wildman–Crippen MR) is 118 cm³/mol. The van der Waals surface area contributed by atoms with E-state index in [9.17, 15) is 18.0 Å². The van der Waals surface area contributed by atoms with E-state index in [-0.39, 0.29) is 29.7 Å². The van der Waals surface area contributed by atoms with E-state index in [1.165, 1.54) is 30.0 Å². The largest absolute Gasteiger partial charge is 0.497 e. The van der Waals surface area contributed by atoms with Gasteiger partial charge in [-0.1, -0.05) is 12.1 Å². The van der Waals surface area contributed by atoms with E-state index < -0.39 is 41.9 Å². The fourth-order valence-electron chi connectivity index (χ4n) is 4.02. The van der Waals surface area contributed by atoms with Crippen LogP contribution in [0, 0.1) is 12.7 Å². The molecule has 2 aromatic carbocycles. The average Bonchev–Trinajstić information content (AvgIpc) is 3.21. The molecule has 33 heavy (non-hydrogen) atoms. The molecule has 176 valence electrons. The number of nitrogens with one attached hydrogen (secondary N) is 1. The number of alkyl halides is 3. The first-order chi connectivity index (χ1) is 15.2. The summed E-state index contributed by atoms with van der Waals surface area (Å²) in [5.41, 5.74) is -1.03. The van der Waals surface area contributed by atoms with Crippen molar-refractivity contribution in [3.8, 4) is 0 Å². The molecule has 0 aliphatic carbocycles. The molecule has 0 bridgehead atoms. The van der Waals surface area contributed by atoms with Crippen molar-refractivity contribution in [2.24, 2.45) is 0 Å². The van der Waals surface area contributed by atoms with Gasteiger partial charge in [-0.25, -0.2) is 9.18 Å². The maximum atomic E-state index is 15.4. The highest BCUT2D eigenvalue weighted by atomic mass is 19.4. The lowest BCUT2D eigenvalue weighted by atomic mass is 9.77. The first kappa shape index (κ1) is 23.6. The lowest BCUT2D eigenvalue weighted by Gasteiger charge is -2.32. The molecule has 1 fully saturated rings. The molecule has 5 nitrogen and oxygen atoms in total. The second-order valence-electron chi connectivity index (χ2n) is 9.41. The van der Waals surface area contributed by atoms with E-state index in [2.05, 4.69) is 5.32 Å². The van der Waals surface area contributed by atoms with Crippen LogP contribution in [0.2, 0.25) is 0 Å². The van der Waals surface area contributed by atoms with Crippen molar-refractivity contribution in [3.05, 3.63) is 52.8 Å². The zero-order chi connectivity index (χ0) is 24.3. The minimum absolute atomic E-state index is 0.0145. The molecule has 2 amide bonds. The minimum atomic E-state index is -4.53. The van der Waals surface area contributed by atoms with E-state index in [4.69, 9.17) is 9.31 Å². The summed E-state index contributed by atoms with van der Waals surface area (Å²) in [5.74, 6) is -0.504. The van der Waals surface area contributed by atoms with Gasteiger partial charge in [0, 0.05) is 23.3 Å². The highest BCUT2D eigenvalue weighted by Crippen LogP contribution is 2.38. The fourth-order valence-corrected chi connectivity index (χ4v) is 4.02. The molecule has 0 atom stereocenters. The van der Waals surface area contributed by atoms with Gasteiger partial charge >= 0.3 is 19.3 Å². The van der Waals surface area contributed by atoms with Crippen LogP contribution >= 0.6 is 0 Å². The molecule has 2 aromatic rings. The van der Waals surface area contributed by atoms with Gasteiger partial charge in [-0.15, -0.1) is 0 Å². The molecule has 4 rings (SSSR count). The van der Waals surface area contributed by atoms with Crippen molar-refractivity contribution in [1.82, 2.24) is 0 Å². The van der Waals surface area contributed by atoms with Crippen molar-refractivity contribution >= 4 is 30.0 Å². The van der Waals surface area contributed by atoms with Gasteiger partial charge < -0.3 is 14.6 Å². The highest BCUT2D eigenvalue weighted by Gasteiger charge is 2.52. The zero-order valence-corrected chi connectivity index (χ0v) is 19.1. The molecule has 0 radical (unpaired) electrons. The number of aryl methyl sites for hydroxylation is 1.